The SMILES string of the molecule is CCc1ccn(-c2cccnc2)n1. The average Bonchev–Trinajstić information content (AvgIpc) is 2.67. The second kappa shape index (κ2) is 3.39. The molecular weight excluding hydrogens is 162 g/mol. The van der Waals surface area contributed by atoms with Crippen molar-refractivity contribution in [1.29, 1.82) is 0 Å². The molecule has 0 unspecified atom stereocenters. The molecule has 0 aliphatic rings. The summed E-state index contributed by atoms with van der Waals surface area (Å²) in [6.45, 7) is 2.09. The van der Waals surface area contributed by atoms with Crippen molar-refractivity contribution in [2.24, 2.45) is 0 Å². The first-order valence-electron chi connectivity index (χ1n) is 4.35. The Hall–Kier alpha value is -1.64. The molecule has 0 N–H and O–H groups in total. The number of nitrogens with zero attached hydrogens (tertiary/aromatic N) is 3. The smallest absolute Gasteiger partial charge is 0.0828 e. The molecule has 0 aromatic carbocycles. The fraction of sp³-hybridized carbons (Fsp3) is 0.200. The highest BCUT2D eigenvalue weighted by molar-refractivity contribution is 5.26. The molecule has 0 amide bonds. The predicted molar refractivity (Wildman–Crippen MR) is 50.7 cm³/mol. The van der Waals surface area contributed by atoms with Crippen molar-refractivity contribution in [3.8, 4) is 5.69 Å². The maximum atomic E-state index is 4.38. The number of rotatable bonds is 2. The van der Waals surface area contributed by atoms with Crippen LogP contribution in [0.2, 0.25) is 0 Å². The molecule has 3 heteroatoms. The van der Waals surface area contributed by atoms with E-state index in [1.165, 1.54) is 0 Å². The van der Waals surface area contributed by atoms with Gasteiger partial charge in [0.25, 0.3) is 0 Å². The van der Waals surface area contributed by atoms with Gasteiger partial charge < -0.3 is 0 Å². The lowest BCUT2D eigenvalue weighted by atomic mass is 10.4. The first-order valence-corrected chi connectivity index (χ1v) is 4.35. The van der Waals surface area contributed by atoms with E-state index < -0.39 is 0 Å². The van der Waals surface area contributed by atoms with Crippen LogP contribution in [0.4, 0.5) is 0 Å². The number of aromatic nitrogens is 3. The van der Waals surface area contributed by atoms with Crippen LogP contribution >= 0.6 is 0 Å². The van der Waals surface area contributed by atoms with Crippen LogP contribution in [-0.2, 0) is 6.42 Å². The van der Waals surface area contributed by atoms with E-state index in [9.17, 15) is 0 Å². The summed E-state index contributed by atoms with van der Waals surface area (Å²) >= 11 is 0. The van der Waals surface area contributed by atoms with Crippen molar-refractivity contribution >= 4 is 0 Å². The summed E-state index contributed by atoms with van der Waals surface area (Å²) in [7, 11) is 0. The minimum absolute atomic E-state index is 0.966. The van der Waals surface area contributed by atoms with Gasteiger partial charge in [-0.3, -0.25) is 4.98 Å². The second-order valence-corrected chi connectivity index (χ2v) is 2.82. The fourth-order valence-corrected chi connectivity index (χ4v) is 1.18. The summed E-state index contributed by atoms with van der Waals surface area (Å²) < 4.78 is 1.84. The van der Waals surface area contributed by atoms with Crippen LogP contribution in [-0.4, -0.2) is 14.8 Å². The predicted octanol–water partition coefficient (Wildman–Crippen LogP) is 1.83. The van der Waals surface area contributed by atoms with E-state index >= 15 is 0 Å². The highest BCUT2D eigenvalue weighted by Gasteiger charge is 1.97. The summed E-state index contributed by atoms with van der Waals surface area (Å²) in [4.78, 5) is 4.04. The molecule has 2 aromatic heterocycles. The van der Waals surface area contributed by atoms with E-state index in [0.717, 1.165) is 17.8 Å². The first-order chi connectivity index (χ1) is 6.40. The summed E-state index contributed by atoms with van der Waals surface area (Å²) in [5.74, 6) is 0. The monoisotopic (exact) mass is 173 g/mol. The van der Waals surface area contributed by atoms with E-state index in [4.69, 9.17) is 0 Å². The zero-order chi connectivity index (χ0) is 9.10. The second-order valence-electron chi connectivity index (χ2n) is 2.82. The van der Waals surface area contributed by atoms with E-state index in [1.54, 1.807) is 12.4 Å². The van der Waals surface area contributed by atoms with Crippen LogP contribution in [0, 0.1) is 0 Å². The number of hydrogen-bond acceptors (Lipinski definition) is 2. The van der Waals surface area contributed by atoms with E-state index in [1.807, 2.05) is 29.1 Å². The van der Waals surface area contributed by atoms with Gasteiger partial charge in [-0.25, -0.2) is 4.68 Å². The highest BCUT2D eigenvalue weighted by atomic mass is 15.3. The van der Waals surface area contributed by atoms with Crippen molar-refractivity contribution < 1.29 is 0 Å². The lowest BCUT2D eigenvalue weighted by Crippen LogP contribution is -1.95. The summed E-state index contributed by atoms with van der Waals surface area (Å²) in [6, 6.07) is 5.91. The van der Waals surface area contributed by atoms with Crippen LogP contribution in [0.15, 0.2) is 36.8 Å². The third-order valence-corrected chi connectivity index (χ3v) is 1.92. The molecule has 0 saturated carbocycles. The molecule has 2 rings (SSSR count). The van der Waals surface area contributed by atoms with Crippen molar-refractivity contribution in [3.05, 3.63) is 42.5 Å². The van der Waals surface area contributed by atoms with Crippen molar-refractivity contribution in [2.45, 2.75) is 13.3 Å². The van der Waals surface area contributed by atoms with Crippen LogP contribution < -0.4 is 0 Å². The van der Waals surface area contributed by atoms with Gasteiger partial charge >= 0.3 is 0 Å². The molecule has 66 valence electrons. The zero-order valence-corrected chi connectivity index (χ0v) is 7.51. The van der Waals surface area contributed by atoms with Crippen molar-refractivity contribution in [2.75, 3.05) is 0 Å². The summed E-state index contributed by atoms with van der Waals surface area (Å²) in [6.07, 6.45) is 6.48. The van der Waals surface area contributed by atoms with E-state index in [0.29, 0.717) is 0 Å². The molecule has 3 nitrogen and oxygen atoms in total. The Kier molecular flexibility index (Phi) is 2.08. The topological polar surface area (TPSA) is 30.7 Å². The molecule has 13 heavy (non-hydrogen) atoms. The maximum absolute atomic E-state index is 4.38. The lowest BCUT2D eigenvalue weighted by molar-refractivity contribution is 0.837. The van der Waals surface area contributed by atoms with E-state index in [-0.39, 0.29) is 0 Å². The highest BCUT2D eigenvalue weighted by Crippen LogP contribution is 2.05. The number of pyridine rings is 1. The van der Waals surface area contributed by atoms with Gasteiger partial charge in [-0.15, -0.1) is 0 Å². The normalized spacial score (nSPS) is 10.2. The minimum Gasteiger partial charge on any atom is -0.262 e. The Bertz CT molecular complexity index is 378. The summed E-state index contributed by atoms with van der Waals surface area (Å²) in [5, 5.41) is 4.38. The molecule has 0 saturated heterocycles. The maximum Gasteiger partial charge on any atom is 0.0828 e. The van der Waals surface area contributed by atoms with Gasteiger partial charge in [-0.2, -0.15) is 5.10 Å². The zero-order valence-electron chi connectivity index (χ0n) is 7.51. The Morgan fingerprint density at radius 2 is 2.31 bits per heavy atom. The van der Waals surface area contributed by atoms with Crippen LogP contribution in [0.3, 0.4) is 0 Å². The first kappa shape index (κ1) is 7.98. The Balaban J connectivity index is 2.36. The molecule has 0 aliphatic carbocycles. The van der Waals surface area contributed by atoms with Crippen LogP contribution in [0.25, 0.3) is 5.69 Å². The fourth-order valence-electron chi connectivity index (χ4n) is 1.18. The standard InChI is InChI=1S/C10H11N3/c1-2-9-5-7-13(12-9)10-4-3-6-11-8-10/h3-8H,2H2,1H3. The van der Waals surface area contributed by atoms with E-state index in [2.05, 4.69) is 17.0 Å². The van der Waals surface area contributed by atoms with Gasteiger partial charge in [-0.05, 0) is 24.6 Å². The molecule has 0 fully saturated rings. The van der Waals surface area contributed by atoms with Crippen molar-refractivity contribution in [3.63, 3.8) is 0 Å². The molecular formula is C10H11N3. The molecule has 0 spiro atoms. The third-order valence-electron chi connectivity index (χ3n) is 1.92. The lowest BCUT2D eigenvalue weighted by Gasteiger charge is -1.98. The molecule has 0 radical (unpaired) electrons. The van der Waals surface area contributed by atoms with Gasteiger partial charge in [-0.1, -0.05) is 6.92 Å². The van der Waals surface area contributed by atoms with Crippen LogP contribution in [0.5, 0.6) is 0 Å². The average molecular weight is 173 g/mol. The largest absolute Gasteiger partial charge is 0.262 e. The number of aryl methyl sites for hydroxylation is 1. The quantitative estimate of drug-likeness (QED) is 0.693. The van der Waals surface area contributed by atoms with Crippen LogP contribution in [0.1, 0.15) is 12.6 Å². The van der Waals surface area contributed by atoms with Gasteiger partial charge in [0.2, 0.25) is 0 Å². The van der Waals surface area contributed by atoms with Crippen molar-refractivity contribution in [1.82, 2.24) is 14.8 Å². The third kappa shape index (κ3) is 1.59. The Morgan fingerprint density at radius 3 is 2.92 bits per heavy atom. The Morgan fingerprint density at radius 1 is 1.38 bits per heavy atom. The van der Waals surface area contributed by atoms with Gasteiger partial charge in [0, 0.05) is 12.4 Å². The van der Waals surface area contributed by atoms with Gasteiger partial charge in [0.05, 0.1) is 17.6 Å². The molecule has 0 atom stereocenters. The van der Waals surface area contributed by atoms with Gasteiger partial charge in [0.1, 0.15) is 0 Å². The van der Waals surface area contributed by atoms with Gasteiger partial charge in [0.15, 0.2) is 0 Å². The molecule has 0 aliphatic heterocycles. The Labute approximate surface area is 77.0 Å². The molecule has 2 heterocycles. The summed E-state index contributed by atoms with van der Waals surface area (Å²) in [5.41, 5.74) is 2.10. The molecule has 0 bridgehead atoms. The molecule has 2 aromatic rings. The minimum atomic E-state index is 0.966. The number of hydrogen-bond donors (Lipinski definition) is 0.